The van der Waals surface area contributed by atoms with Crippen molar-refractivity contribution in [3.63, 3.8) is 0 Å². The van der Waals surface area contributed by atoms with Crippen LogP contribution in [0.25, 0.3) is 0 Å². The van der Waals surface area contributed by atoms with Crippen LogP contribution in [-0.4, -0.2) is 19.8 Å². The summed E-state index contributed by atoms with van der Waals surface area (Å²) in [4.78, 5) is 0. The number of alkyl halides is 1. The van der Waals surface area contributed by atoms with Gasteiger partial charge in [-0.15, -0.1) is 0 Å². The Labute approximate surface area is 104 Å². The predicted molar refractivity (Wildman–Crippen MR) is 66.1 cm³/mol. The SMILES string of the molecule is CCOCCOc1cccc(Cl)c1CBr. The van der Waals surface area contributed by atoms with Gasteiger partial charge in [-0.2, -0.15) is 0 Å². The molecule has 0 aliphatic rings. The standard InChI is InChI=1S/C11H14BrClO2/c1-2-14-6-7-15-11-5-3-4-10(13)9(11)8-12/h3-5H,2,6-8H2,1H3. The van der Waals surface area contributed by atoms with E-state index in [0.29, 0.717) is 25.2 Å². The molecule has 0 aliphatic heterocycles. The summed E-state index contributed by atoms with van der Waals surface area (Å²) in [7, 11) is 0. The largest absolute Gasteiger partial charge is 0.491 e. The van der Waals surface area contributed by atoms with Crippen LogP contribution in [0.2, 0.25) is 5.02 Å². The van der Waals surface area contributed by atoms with Crippen molar-refractivity contribution in [1.82, 2.24) is 0 Å². The van der Waals surface area contributed by atoms with E-state index < -0.39 is 0 Å². The summed E-state index contributed by atoms with van der Waals surface area (Å²) in [6.07, 6.45) is 0. The lowest BCUT2D eigenvalue weighted by Gasteiger charge is -2.10. The van der Waals surface area contributed by atoms with Gasteiger partial charge in [-0.05, 0) is 19.1 Å². The topological polar surface area (TPSA) is 18.5 Å². The fourth-order valence-electron chi connectivity index (χ4n) is 1.16. The molecule has 1 aromatic carbocycles. The van der Waals surface area contributed by atoms with Gasteiger partial charge in [0, 0.05) is 22.5 Å². The minimum atomic E-state index is 0.550. The molecule has 0 bridgehead atoms. The molecule has 1 aromatic rings. The van der Waals surface area contributed by atoms with Gasteiger partial charge < -0.3 is 9.47 Å². The van der Waals surface area contributed by atoms with Crippen molar-refractivity contribution in [2.24, 2.45) is 0 Å². The fraction of sp³-hybridized carbons (Fsp3) is 0.455. The van der Waals surface area contributed by atoms with Gasteiger partial charge >= 0.3 is 0 Å². The quantitative estimate of drug-likeness (QED) is 0.589. The second kappa shape index (κ2) is 7.09. The Morgan fingerprint density at radius 3 is 2.80 bits per heavy atom. The van der Waals surface area contributed by atoms with Gasteiger partial charge in [-0.3, -0.25) is 0 Å². The predicted octanol–water partition coefficient (Wildman–Crippen LogP) is 3.65. The van der Waals surface area contributed by atoms with Crippen molar-refractivity contribution >= 4 is 27.5 Å². The molecule has 0 saturated carbocycles. The van der Waals surface area contributed by atoms with Crippen molar-refractivity contribution in [3.05, 3.63) is 28.8 Å². The third-order valence-electron chi connectivity index (χ3n) is 1.90. The molecule has 0 aliphatic carbocycles. The molecule has 0 unspecified atom stereocenters. The Hall–Kier alpha value is -0.250. The number of hydrogen-bond acceptors (Lipinski definition) is 2. The Morgan fingerprint density at radius 2 is 2.13 bits per heavy atom. The second-order valence-electron chi connectivity index (χ2n) is 2.90. The Morgan fingerprint density at radius 1 is 1.33 bits per heavy atom. The van der Waals surface area contributed by atoms with Crippen LogP contribution in [0.1, 0.15) is 12.5 Å². The maximum Gasteiger partial charge on any atom is 0.124 e. The number of benzene rings is 1. The minimum absolute atomic E-state index is 0.550. The van der Waals surface area contributed by atoms with E-state index in [1.165, 1.54) is 0 Å². The Bertz CT molecular complexity index is 305. The van der Waals surface area contributed by atoms with Crippen LogP contribution >= 0.6 is 27.5 Å². The maximum atomic E-state index is 6.03. The zero-order chi connectivity index (χ0) is 11.1. The smallest absolute Gasteiger partial charge is 0.124 e. The highest BCUT2D eigenvalue weighted by molar-refractivity contribution is 9.08. The summed E-state index contributed by atoms with van der Waals surface area (Å²) in [5, 5.41) is 1.41. The minimum Gasteiger partial charge on any atom is -0.491 e. The molecule has 0 amide bonds. The molecular weight excluding hydrogens is 279 g/mol. The van der Waals surface area contributed by atoms with Crippen molar-refractivity contribution in [3.8, 4) is 5.75 Å². The number of hydrogen-bond donors (Lipinski definition) is 0. The average Bonchev–Trinajstić information content (AvgIpc) is 2.24. The van der Waals surface area contributed by atoms with Gasteiger partial charge in [0.05, 0.1) is 6.61 Å². The van der Waals surface area contributed by atoms with Crippen LogP contribution < -0.4 is 4.74 Å². The van der Waals surface area contributed by atoms with Gasteiger partial charge in [-0.1, -0.05) is 33.6 Å². The zero-order valence-electron chi connectivity index (χ0n) is 8.63. The van der Waals surface area contributed by atoms with E-state index in [9.17, 15) is 0 Å². The molecule has 0 spiro atoms. The highest BCUT2D eigenvalue weighted by Crippen LogP contribution is 2.28. The van der Waals surface area contributed by atoms with Crippen LogP contribution in [0, 0.1) is 0 Å². The molecule has 15 heavy (non-hydrogen) atoms. The van der Waals surface area contributed by atoms with Crippen molar-refractivity contribution < 1.29 is 9.47 Å². The molecule has 1 rings (SSSR count). The van der Waals surface area contributed by atoms with Gasteiger partial charge in [0.1, 0.15) is 12.4 Å². The van der Waals surface area contributed by atoms with E-state index in [-0.39, 0.29) is 0 Å². The summed E-state index contributed by atoms with van der Waals surface area (Å²) < 4.78 is 10.8. The van der Waals surface area contributed by atoms with Crippen molar-refractivity contribution in [2.75, 3.05) is 19.8 Å². The number of halogens is 2. The van der Waals surface area contributed by atoms with Crippen LogP contribution in [0.3, 0.4) is 0 Å². The summed E-state index contributed by atoms with van der Waals surface area (Å²) in [5.74, 6) is 0.819. The zero-order valence-corrected chi connectivity index (χ0v) is 11.0. The van der Waals surface area contributed by atoms with Crippen LogP contribution in [0.15, 0.2) is 18.2 Å². The molecule has 0 saturated heterocycles. The average molecular weight is 294 g/mol. The second-order valence-corrected chi connectivity index (χ2v) is 3.86. The number of ether oxygens (including phenoxy) is 2. The van der Waals surface area contributed by atoms with E-state index in [0.717, 1.165) is 16.3 Å². The highest BCUT2D eigenvalue weighted by Gasteiger charge is 2.06. The molecule has 0 heterocycles. The highest BCUT2D eigenvalue weighted by atomic mass is 79.9. The molecule has 0 aromatic heterocycles. The molecular formula is C11H14BrClO2. The normalized spacial score (nSPS) is 10.3. The first-order chi connectivity index (χ1) is 7.29. The lowest BCUT2D eigenvalue weighted by atomic mass is 10.2. The van der Waals surface area contributed by atoms with E-state index >= 15 is 0 Å². The number of rotatable bonds is 6. The monoisotopic (exact) mass is 292 g/mol. The van der Waals surface area contributed by atoms with Crippen LogP contribution in [0.4, 0.5) is 0 Å². The first kappa shape index (κ1) is 12.8. The van der Waals surface area contributed by atoms with E-state index in [4.69, 9.17) is 21.1 Å². The van der Waals surface area contributed by atoms with Crippen molar-refractivity contribution in [1.29, 1.82) is 0 Å². The fourth-order valence-corrected chi connectivity index (χ4v) is 2.13. The summed E-state index contributed by atoms with van der Waals surface area (Å²) in [5.41, 5.74) is 0.982. The summed E-state index contributed by atoms with van der Waals surface area (Å²) in [6.45, 7) is 3.83. The molecule has 0 N–H and O–H groups in total. The molecule has 2 nitrogen and oxygen atoms in total. The first-order valence-electron chi connectivity index (χ1n) is 4.83. The first-order valence-corrected chi connectivity index (χ1v) is 6.33. The summed E-state index contributed by atoms with van der Waals surface area (Å²) in [6, 6.07) is 5.65. The van der Waals surface area contributed by atoms with E-state index in [1.807, 2.05) is 25.1 Å². The van der Waals surface area contributed by atoms with E-state index in [2.05, 4.69) is 15.9 Å². The van der Waals surface area contributed by atoms with Crippen molar-refractivity contribution in [2.45, 2.75) is 12.3 Å². The molecule has 0 fully saturated rings. The maximum absolute atomic E-state index is 6.03. The lowest BCUT2D eigenvalue weighted by Crippen LogP contribution is -2.07. The molecule has 0 atom stereocenters. The third-order valence-corrected chi connectivity index (χ3v) is 2.81. The van der Waals surface area contributed by atoms with Gasteiger partial charge in [0.25, 0.3) is 0 Å². The van der Waals surface area contributed by atoms with Gasteiger partial charge in [0.15, 0.2) is 0 Å². The van der Waals surface area contributed by atoms with Gasteiger partial charge in [-0.25, -0.2) is 0 Å². The third kappa shape index (κ3) is 4.01. The van der Waals surface area contributed by atoms with Crippen LogP contribution in [-0.2, 0) is 10.1 Å². The Kier molecular flexibility index (Phi) is 6.06. The van der Waals surface area contributed by atoms with Gasteiger partial charge in [0.2, 0.25) is 0 Å². The molecule has 0 radical (unpaired) electrons. The summed E-state index contributed by atoms with van der Waals surface area (Å²) >= 11 is 9.41. The van der Waals surface area contributed by atoms with E-state index in [1.54, 1.807) is 0 Å². The lowest BCUT2D eigenvalue weighted by molar-refractivity contribution is 0.110. The molecule has 4 heteroatoms. The Balaban J connectivity index is 2.56. The van der Waals surface area contributed by atoms with Crippen LogP contribution in [0.5, 0.6) is 5.75 Å². The molecule has 84 valence electrons.